The van der Waals surface area contributed by atoms with Gasteiger partial charge in [0.1, 0.15) is 23.8 Å². The molecule has 5 nitrogen and oxygen atoms in total. The average Bonchev–Trinajstić information content (AvgIpc) is 2.47. The lowest BCUT2D eigenvalue weighted by molar-refractivity contribution is 0.198. The van der Waals surface area contributed by atoms with Crippen molar-refractivity contribution in [2.75, 3.05) is 30.9 Å². The van der Waals surface area contributed by atoms with Crippen LogP contribution in [-0.4, -0.2) is 30.2 Å². The fraction of sp³-hybridized carbons (Fsp3) is 0.286. The summed E-state index contributed by atoms with van der Waals surface area (Å²) in [6.07, 6.45) is 2.32. The van der Waals surface area contributed by atoms with E-state index in [9.17, 15) is 4.39 Å². The molecule has 6 heteroatoms. The van der Waals surface area contributed by atoms with Crippen molar-refractivity contribution in [1.29, 1.82) is 0 Å². The van der Waals surface area contributed by atoms with Gasteiger partial charge >= 0.3 is 0 Å². The molecule has 0 radical (unpaired) electrons. The fourth-order valence-corrected chi connectivity index (χ4v) is 1.66. The Labute approximate surface area is 117 Å². The van der Waals surface area contributed by atoms with E-state index in [1.807, 2.05) is 0 Å². The summed E-state index contributed by atoms with van der Waals surface area (Å²) in [4.78, 5) is 8.17. The minimum Gasteiger partial charge on any atom is -0.385 e. The molecule has 2 rings (SSSR count). The first-order chi connectivity index (χ1) is 9.79. The lowest BCUT2D eigenvalue weighted by atomic mass is 10.3. The van der Waals surface area contributed by atoms with Crippen LogP contribution >= 0.6 is 0 Å². The van der Waals surface area contributed by atoms with E-state index in [2.05, 4.69) is 20.6 Å². The molecule has 106 valence electrons. The van der Waals surface area contributed by atoms with Crippen LogP contribution in [0.3, 0.4) is 0 Å². The second-order valence-corrected chi connectivity index (χ2v) is 4.17. The Hall–Kier alpha value is -2.21. The molecule has 1 aromatic carbocycles. The predicted octanol–water partition coefficient (Wildman–Crippen LogP) is 2.81. The molecule has 0 atom stereocenters. The highest BCUT2D eigenvalue weighted by Crippen LogP contribution is 2.18. The smallest absolute Gasteiger partial charge is 0.146 e. The van der Waals surface area contributed by atoms with Crippen molar-refractivity contribution in [2.45, 2.75) is 6.42 Å². The summed E-state index contributed by atoms with van der Waals surface area (Å²) in [6.45, 7) is 1.45. The molecule has 0 saturated heterocycles. The van der Waals surface area contributed by atoms with E-state index in [-0.39, 0.29) is 5.82 Å². The highest BCUT2D eigenvalue weighted by Gasteiger charge is 2.03. The second kappa shape index (κ2) is 7.40. The van der Waals surface area contributed by atoms with Crippen molar-refractivity contribution in [3.05, 3.63) is 42.5 Å². The molecule has 2 aromatic rings. The number of halogens is 1. The number of anilines is 3. The maximum absolute atomic E-state index is 13.5. The monoisotopic (exact) mass is 276 g/mol. The lowest BCUT2D eigenvalue weighted by Crippen LogP contribution is -2.07. The third-order valence-electron chi connectivity index (χ3n) is 2.64. The van der Waals surface area contributed by atoms with E-state index in [0.717, 1.165) is 13.0 Å². The van der Waals surface area contributed by atoms with E-state index in [1.54, 1.807) is 31.4 Å². The van der Waals surface area contributed by atoms with Crippen molar-refractivity contribution in [3.8, 4) is 0 Å². The number of ether oxygens (including phenoxy) is 1. The number of hydrogen-bond donors (Lipinski definition) is 2. The quantitative estimate of drug-likeness (QED) is 0.761. The van der Waals surface area contributed by atoms with Gasteiger partial charge in [-0.25, -0.2) is 14.4 Å². The molecular formula is C14H17FN4O. The second-order valence-electron chi connectivity index (χ2n) is 4.17. The Bertz CT molecular complexity index is 550. The van der Waals surface area contributed by atoms with Crippen LogP contribution < -0.4 is 10.6 Å². The van der Waals surface area contributed by atoms with Crippen LogP contribution in [0, 0.1) is 5.82 Å². The molecular weight excluding hydrogens is 259 g/mol. The van der Waals surface area contributed by atoms with Crippen LogP contribution in [0.15, 0.2) is 36.7 Å². The molecule has 0 aliphatic rings. The first kappa shape index (κ1) is 14.2. The summed E-state index contributed by atoms with van der Waals surface area (Å²) in [5.74, 6) is 0.912. The van der Waals surface area contributed by atoms with Crippen LogP contribution in [-0.2, 0) is 4.74 Å². The molecule has 0 bridgehead atoms. The zero-order chi connectivity index (χ0) is 14.2. The van der Waals surface area contributed by atoms with Crippen molar-refractivity contribution < 1.29 is 9.13 Å². The highest BCUT2D eigenvalue weighted by atomic mass is 19.1. The summed E-state index contributed by atoms with van der Waals surface area (Å²) in [5.41, 5.74) is 0.386. The van der Waals surface area contributed by atoms with Gasteiger partial charge in [-0.2, -0.15) is 0 Å². The van der Waals surface area contributed by atoms with Crippen LogP contribution in [0.5, 0.6) is 0 Å². The molecule has 0 aliphatic heterocycles. The number of methoxy groups -OCH3 is 1. The minimum absolute atomic E-state index is 0.319. The van der Waals surface area contributed by atoms with Gasteiger partial charge in [0, 0.05) is 26.3 Å². The zero-order valence-electron chi connectivity index (χ0n) is 11.3. The molecule has 1 aromatic heterocycles. The standard InChI is InChI=1S/C14H17FN4O/c1-20-8-4-7-16-13-9-14(18-10-17-13)19-12-6-3-2-5-11(12)15/h2-3,5-6,9-10H,4,7-8H2,1H3,(H2,16,17,18,19). The molecule has 0 aliphatic carbocycles. The fourth-order valence-electron chi connectivity index (χ4n) is 1.66. The van der Waals surface area contributed by atoms with Gasteiger partial charge in [0.25, 0.3) is 0 Å². The maximum Gasteiger partial charge on any atom is 0.146 e. The number of aromatic nitrogens is 2. The van der Waals surface area contributed by atoms with E-state index < -0.39 is 0 Å². The zero-order valence-corrected chi connectivity index (χ0v) is 11.3. The van der Waals surface area contributed by atoms with Gasteiger partial charge in [-0.3, -0.25) is 0 Å². The van der Waals surface area contributed by atoms with E-state index >= 15 is 0 Å². The van der Waals surface area contributed by atoms with Crippen LogP contribution in [0.2, 0.25) is 0 Å². The largest absolute Gasteiger partial charge is 0.385 e. The van der Waals surface area contributed by atoms with Gasteiger partial charge in [0.15, 0.2) is 0 Å². The first-order valence-electron chi connectivity index (χ1n) is 6.36. The van der Waals surface area contributed by atoms with Crippen molar-refractivity contribution >= 4 is 17.3 Å². The Morgan fingerprint density at radius 1 is 1.20 bits per heavy atom. The van der Waals surface area contributed by atoms with Gasteiger partial charge in [-0.05, 0) is 18.6 Å². The summed E-state index contributed by atoms with van der Waals surface area (Å²) in [6, 6.07) is 8.19. The average molecular weight is 276 g/mol. The van der Waals surface area contributed by atoms with E-state index in [1.165, 1.54) is 12.4 Å². The number of nitrogens with one attached hydrogen (secondary N) is 2. The molecule has 2 N–H and O–H groups in total. The van der Waals surface area contributed by atoms with Crippen LogP contribution in [0.25, 0.3) is 0 Å². The summed E-state index contributed by atoms with van der Waals surface area (Å²) in [5, 5.41) is 6.08. The normalized spacial score (nSPS) is 10.3. The van der Waals surface area contributed by atoms with Gasteiger partial charge in [-0.15, -0.1) is 0 Å². The minimum atomic E-state index is -0.319. The molecule has 0 unspecified atom stereocenters. The van der Waals surface area contributed by atoms with E-state index in [4.69, 9.17) is 4.74 Å². The summed E-state index contributed by atoms with van der Waals surface area (Å²) >= 11 is 0. The molecule has 20 heavy (non-hydrogen) atoms. The van der Waals surface area contributed by atoms with Crippen molar-refractivity contribution in [3.63, 3.8) is 0 Å². The third kappa shape index (κ3) is 4.17. The first-order valence-corrected chi connectivity index (χ1v) is 6.36. The Morgan fingerprint density at radius 3 is 2.80 bits per heavy atom. The number of benzene rings is 1. The molecule has 0 spiro atoms. The molecule has 0 amide bonds. The van der Waals surface area contributed by atoms with Gasteiger partial charge in [0.05, 0.1) is 5.69 Å². The van der Waals surface area contributed by atoms with Crippen LogP contribution in [0.1, 0.15) is 6.42 Å². The number of rotatable bonds is 7. The van der Waals surface area contributed by atoms with E-state index in [0.29, 0.717) is 23.9 Å². The highest BCUT2D eigenvalue weighted by molar-refractivity contribution is 5.59. The lowest BCUT2D eigenvalue weighted by Gasteiger charge is -2.09. The summed E-state index contributed by atoms with van der Waals surface area (Å²) < 4.78 is 18.5. The third-order valence-corrected chi connectivity index (χ3v) is 2.64. The number of nitrogens with zero attached hydrogens (tertiary/aromatic N) is 2. The van der Waals surface area contributed by atoms with Gasteiger partial charge in [-0.1, -0.05) is 12.1 Å². The van der Waals surface area contributed by atoms with Crippen molar-refractivity contribution in [1.82, 2.24) is 9.97 Å². The molecule has 0 fully saturated rings. The molecule has 0 saturated carbocycles. The molecule has 1 heterocycles. The van der Waals surface area contributed by atoms with Gasteiger partial charge in [0.2, 0.25) is 0 Å². The van der Waals surface area contributed by atoms with Gasteiger partial charge < -0.3 is 15.4 Å². The number of hydrogen-bond acceptors (Lipinski definition) is 5. The predicted molar refractivity (Wildman–Crippen MR) is 76.7 cm³/mol. The maximum atomic E-state index is 13.5. The summed E-state index contributed by atoms with van der Waals surface area (Å²) in [7, 11) is 1.67. The Kier molecular flexibility index (Phi) is 5.25. The Balaban J connectivity index is 1.97. The SMILES string of the molecule is COCCCNc1cc(Nc2ccccc2F)ncn1. The Morgan fingerprint density at radius 2 is 2.00 bits per heavy atom. The topological polar surface area (TPSA) is 59.1 Å². The van der Waals surface area contributed by atoms with Crippen molar-refractivity contribution in [2.24, 2.45) is 0 Å². The number of para-hydroxylation sites is 1. The van der Waals surface area contributed by atoms with Crippen LogP contribution in [0.4, 0.5) is 21.7 Å².